The SMILES string of the molecule is CCNC(=NCCOc1cccnc1)N1CCN(c2ccccc2)CC1. The van der Waals surface area contributed by atoms with Crippen LogP contribution in [0.3, 0.4) is 0 Å². The van der Waals surface area contributed by atoms with Gasteiger partial charge in [0, 0.05) is 44.6 Å². The number of anilines is 1. The predicted molar refractivity (Wildman–Crippen MR) is 106 cm³/mol. The number of nitrogens with one attached hydrogen (secondary N) is 1. The lowest BCUT2D eigenvalue weighted by Crippen LogP contribution is -2.52. The van der Waals surface area contributed by atoms with Crippen molar-refractivity contribution in [2.24, 2.45) is 4.99 Å². The summed E-state index contributed by atoms with van der Waals surface area (Å²) in [7, 11) is 0. The molecule has 6 heteroatoms. The highest BCUT2D eigenvalue weighted by molar-refractivity contribution is 5.80. The Morgan fingerprint density at radius 2 is 1.92 bits per heavy atom. The third kappa shape index (κ3) is 5.12. The summed E-state index contributed by atoms with van der Waals surface area (Å²) in [6.45, 7) is 8.05. The van der Waals surface area contributed by atoms with Crippen molar-refractivity contribution in [3.63, 3.8) is 0 Å². The van der Waals surface area contributed by atoms with Crippen molar-refractivity contribution < 1.29 is 4.74 Å². The highest BCUT2D eigenvalue weighted by atomic mass is 16.5. The van der Waals surface area contributed by atoms with Gasteiger partial charge in [0.15, 0.2) is 5.96 Å². The maximum absolute atomic E-state index is 5.67. The number of aromatic nitrogens is 1. The Morgan fingerprint density at radius 3 is 2.62 bits per heavy atom. The molecule has 0 spiro atoms. The molecular formula is C20H27N5O. The largest absolute Gasteiger partial charge is 0.490 e. The highest BCUT2D eigenvalue weighted by Gasteiger charge is 2.19. The van der Waals surface area contributed by atoms with Gasteiger partial charge in [0.2, 0.25) is 0 Å². The van der Waals surface area contributed by atoms with Crippen LogP contribution in [0.25, 0.3) is 0 Å². The number of piperazine rings is 1. The van der Waals surface area contributed by atoms with E-state index in [0.717, 1.165) is 44.4 Å². The van der Waals surface area contributed by atoms with Crippen LogP contribution in [0.2, 0.25) is 0 Å². The molecule has 1 saturated heterocycles. The van der Waals surface area contributed by atoms with Crippen LogP contribution in [-0.2, 0) is 0 Å². The molecule has 0 saturated carbocycles. The van der Waals surface area contributed by atoms with Crippen LogP contribution < -0.4 is 15.0 Å². The molecule has 0 amide bonds. The van der Waals surface area contributed by atoms with Gasteiger partial charge in [0.1, 0.15) is 12.4 Å². The summed E-state index contributed by atoms with van der Waals surface area (Å²) < 4.78 is 5.67. The fraction of sp³-hybridized carbons (Fsp3) is 0.400. The summed E-state index contributed by atoms with van der Waals surface area (Å²) in [5.41, 5.74) is 1.29. The lowest BCUT2D eigenvalue weighted by molar-refractivity contribution is 0.324. The molecule has 1 aliphatic rings. The number of hydrogen-bond donors (Lipinski definition) is 1. The molecule has 1 aromatic carbocycles. The van der Waals surface area contributed by atoms with E-state index in [1.165, 1.54) is 5.69 Å². The van der Waals surface area contributed by atoms with Crippen molar-refractivity contribution in [3.05, 3.63) is 54.9 Å². The first-order valence-corrected chi connectivity index (χ1v) is 9.23. The van der Waals surface area contributed by atoms with Gasteiger partial charge in [-0.2, -0.15) is 0 Å². The first kappa shape index (κ1) is 18.0. The highest BCUT2D eigenvalue weighted by Crippen LogP contribution is 2.15. The van der Waals surface area contributed by atoms with E-state index in [-0.39, 0.29) is 0 Å². The van der Waals surface area contributed by atoms with E-state index in [1.54, 1.807) is 12.4 Å². The zero-order chi connectivity index (χ0) is 18.0. The first-order valence-electron chi connectivity index (χ1n) is 9.23. The molecule has 26 heavy (non-hydrogen) atoms. The number of hydrogen-bond acceptors (Lipinski definition) is 4. The van der Waals surface area contributed by atoms with Crippen molar-refractivity contribution in [1.82, 2.24) is 15.2 Å². The minimum absolute atomic E-state index is 0.546. The van der Waals surface area contributed by atoms with Crippen molar-refractivity contribution >= 4 is 11.6 Å². The maximum Gasteiger partial charge on any atom is 0.194 e. The molecule has 138 valence electrons. The van der Waals surface area contributed by atoms with E-state index < -0.39 is 0 Å². The molecule has 1 N–H and O–H groups in total. The van der Waals surface area contributed by atoms with Crippen LogP contribution in [0.5, 0.6) is 5.75 Å². The Bertz CT molecular complexity index is 669. The number of ether oxygens (including phenoxy) is 1. The molecule has 0 radical (unpaired) electrons. The van der Waals surface area contributed by atoms with Gasteiger partial charge in [0.25, 0.3) is 0 Å². The number of nitrogens with zero attached hydrogens (tertiary/aromatic N) is 4. The van der Waals surface area contributed by atoms with Gasteiger partial charge in [-0.15, -0.1) is 0 Å². The molecule has 1 fully saturated rings. The topological polar surface area (TPSA) is 53.0 Å². The van der Waals surface area contributed by atoms with Gasteiger partial charge >= 0.3 is 0 Å². The van der Waals surface area contributed by atoms with Crippen molar-refractivity contribution in [2.45, 2.75) is 6.92 Å². The van der Waals surface area contributed by atoms with E-state index in [0.29, 0.717) is 13.2 Å². The molecule has 2 heterocycles. The number of benzene rings is 1. The lowest BCUT2D eigenvalue weighted by Gasteiger charge is -2.37. The van der Waals surface area contributed by atoms with Gasteiger partial charge in [-0.25, -0.2) is 4.99 Å². The van der Waals surface area contributed by atoms with E-state index in [1.807, 2.05) is 12.1 Å². The standard InChI is InChI=1S/C20H27N5O/c1-2-22-20(23-11-16-26-19-9-6-10-21-17-19)25-14-12-24(13-15-25)18-7-4-3-5-8-18/h3-10,17H,2,11-16H2,1H3,(H,22,23). The Kier molecular flexibility index (Phi) is 6.70. The molecule has 1 aromatic heterocycles. The van der Waals surface area contributed by atoms with Crippen LogP contribution >= 0.6 is 0 Å². The summed E-state index contributed by atoms with van der Waals surface area (Å²) in [6.07, 6.45) is 3.46. The Balaban J connectivity index is 1.50. The third-order valence-electron chi connectivity index (χ3n) is 4.29. The number of rotatable bonds is 6. The lowest BCUT2D eigenvalue weighted by atomic mass is 10.2. The summed E-state index contributed by atoms with van der Waals surface area (Å²) in [5.74, 6) is 1.75. The normalized spacial score (nSPS) is 15.0. The molecule has 1 aliphatic heterocycles. The number of guanidine groups is 1. The van der Waals surface area contributed by atoms with Crippen LogP contribution in [0.15, 0.2) is 59.9 Å². The van der Waals surface area contributed by atoms with E-state index in [2.05, 4.69) is 57.4 Å². The Labute approximate surface area is 155 Å². The van der Waals surface area contributed by atoms with Crippen LogP contribution in [0.4, 0.5) is 5.69 Å². The van der Waals surface area contributed by atoms with Crippen molar-refractivity contribution in [2.75, 3.05) is 50.8 Å². The average Bonchev–Trinajstić information content (AvgIpc) is 2.72. The van der Waals surface area contributed by atoms with Crippen LogP contribution in [-0.4, -0.2) is 61.7 Å². The van der Waals surface area contributed by atoms with Crippen molar-refractivity contribution in [1.29, 1.82) is 0 Å². The molecule has 0 bridgehead atoms. The van der Waals surface area contributed by atoms with E-state index >= 15 is 0 Å². The van der Waals surface area contributed by atoms with Gasteiger partial charge < -0.3 is 19.9 Å². The molecule has 6 nitrogen and oxygen atoms in total. The fourth-order valence-corrected chi connectivity index (χ4v) is 2.99. The second-order valence-corrected chi connectivity index (χ2v) is 6.08. The Hall–Kier alpha value is -2.76. The summed E-state index contributed by atoms with van der Waals surface area (Å²) in [6, 6.07) is 14.4. The molecule has 2 aromatic rings. The van der Waals surface area contributed by atoms with Crippen molar-refractivity contribution in [3.8, 4) is 5.75 Å². The average molecular weight is 353 g/mol. The maximum atomic E-state index is 5.67. The minimum atomic E-state index is 0.546. The van der Waals surface area contributed by atoms with E-state index in [9.17, 15) is 0 Å². The molecule has 3 rings (SSSR count). The number of pyridine rings is 1. The second-order valence-electron chi connectivity index (χ2n) is 6.08. The van der Waals surface area contributed by atoms with Gasteiger partial charge in [-0.05, 0) is 31.2 Å². The smallest absolute Gasteiger partial charge is 0.194 e. The quantitative estimate of drug-likeness (QED) is 0.490. The minimum Gasteiger partial charge on any atom is -0.490 e. The van der Waals surface area contributed by atoms with Crippen LogP contribution in [0.1, 0.15) is 6.92 Å². The van der Waals surface area contributed by atoms with Crippen LogP contribution in [0, 0.1) is 0 Å². The number of aliphatic imine (C=N–C) groups is 1. The first-order chi connectivity index (χ1) is 12.9. The molecular weight excluding hydrogens is 326 g/mol. The summed E-state index contributed by atoms with van der Waals surface area (Å²) >= 11 is 0. The number of para-hydroxylation sites is 1. The van der Waals surface area contributed by atoms with Gasteiger partial charge in [-0.3, -0.25) is 4.98 Å². The van der Waals surface area contributed by atoms with Gasteiger partial charge in [-0.1, -0.05) is 18.2 Å². The molecule has 0 unspecified atom stereocenters. The molecule has 0 atom stereocenters. The monoisotopic (exact) mass is 353 g/mol. The second kappa shape index (κ2) is 9.65. The summed E-state index contributed by atoms with van der Waals surface area (Å²) in [5, 5.41) is 3.40. The zero-order valence-electron chi connectivity index (χ0n) is 15.3. The summed E-state index contributed by atoms with van der Waals surface area (Å²) in [4.78, 5) is 13.5. The fourth-order valence-electron chi connectivity index (χ4n) is 2.99. The zero-order valence-corrected chi connectivity index (χ0v) is 15.3. The third-order valence-corrected chi connectivity index (χ3v) is 4.29. The van der Waals surface area contributed by atoms with E-state index in [4.69, 9.17) is 9.73 Å². The van der Waals surface area contributed by atoms with Gasteiger partial charge in [0.05, 0.1) is 12.7 Å². The molecule has 0 aliphatic carbocycles. The Morgan fingerprint density at radius 1 is 1.12 bits per heavy atom. The predicted octanol–water partition coefficient (Wildman–Crippen LogP) is 2.25.